The highest BCUT2D eigenvalue weighted by Gasteiger charge is 2.31. The average Bonchev–Trinajstić information content (AvgIpc) is 3.04. The zero-order valence-electron chi connectivity index (χ0n) is 13.6. The van der Waals surface area contributed by atoms with Crippen LogP contribution in [0.1, 0.15) is 23.6 Å². The van der Waals surface area contributed by atoms with E-state index in [1.54, 1.807) is 13.4 Å². The molecule has 0 spiro atoms. The normalized spacial score (nSPS) is 16.2. The second-order valence-electron chi connectivity index (χ2n) is 5.91. The summed E-state index contributed by atoms with van der Waals surface area (Å²) in [5, 5.41) is 3.60. The van der Waals surface area contributed by atoms with E-state index in [0.717, 1.165) is 22.7 Å². The molecule has 0 aliphatic carbocycles. The molecule has 25 heavy (non-hydrogen) atoms. The van der Waals surface area contributed by atoms with Gasteiger partial charge in [0, 0.05) is 23.0 Å². The molecule has 1 atom stereocenters. The predicted octanol–water partition coefficient (Wildman–Crippen LogP) is 4.01. The molecule has 0 saturated heterocycles. The van der Waals surface area contributed by atoms with E-state index < -0.39 is 0 Å². The summed E-state index contributed by atoms with van der Waals surface area (Å²) in [6.45, 7) is 0. The number of aromatic nitrogens is 2. The molecule has 4 rings (SSSR count). The summed E-state index contributed by atoms with van der Waals surface area (Å²) in [4.78, 5) is 16.8. The van der Waals surface area contributed by atoms with Crippen molar-refractivity contribution in [2.24, 2.45) is 0 Å². The molecule has 1 aliphatic rings. The van der Waals surface area contributed by atoms with Gasteiger partial charge in [-0.3, -0.25) is 9.36 Å². The Balaban J connectivity index is 1.78. The number of carbonyl (C=O) groups excluding carboxylic acids is 1. The van der Waals surface area contributed by atoms with Gasteiger partial charge in [-0.2, -0.15) is 0 Å². The van der Waals surface area contributed by atoms with Crippen LogP contribution >= 0.6 is 11.6 Å². The zero-order valence-corrected chi connectivity index (χ0v) is 14.3. The molecule has 2 aromatic carbocycles. The van der Waals surface area contributed by atoms with Crippen LogP contribution in [0.4, 0.5) is 5.82 Å². The summed E-state index contributed by atoms with van der Waals surface area (Å²) in [6.07, 6.45) is 2.09. The van der Waals surface area contributed by atoms with E-state index in [-0.39, 0.29) is 11.8 Å². The van der Waals surface area contributed by atoms with Crippen LogP contribution in [0.5, 0.6) is 5.75 Å². The van der Waals surface area contributed by atoms with Gasteiger partial charge in [0.1, 0.15) is 17.9 Å². The van der Waals surface area contributed by atoms with Crippen LogP contribution in [0.25, 0.3) is 5.69 Å². The summed E-state index contributed by atoms with van der Waals surface area (Å²) >= 11 is 6.12. The number of anilines is 1. The first kappa shape index (κ1) is 15.7. The van der Waals surface area contributed by atoms with Crippen LogP contribution in [0.3, 0.4) is 0 Å². The van der Waals surface area contributed by atoms with Crippen molar-refractivity contribution in [3.63, 3.8) is 0 Å². The number of hydrogen-bond donors (Lipinski definition) is 1. The quantitative estimate of drug-likeness (QED) is 0.774. The van der Waals surface area contributed by atoms with Crippen LogP contribution in [0.15, 0.2) is 54.9 Å². The van der Waals surface area contributed by atoms with E-state index >= 15 is 0 Å². The van der Waals surface area contributed by atoms with Crippen LogP contribution < -0.4 is 10.1 Å². The highest BCUT2D eigenvalue weighted by atomic mass is 35.5. The average molecular weight is 354 g/mol. The van der Waals surface area contributed by atoms with Crippen molar-refractivity contribution in [2.45, 2.75) is 12.3 Å². The highest BCUT2D eigenvalue weighted by Crippen LogP contribution is 2.38. The van der Waals surface area contributed by atoms with Crippen molar-refractivity contribution in [3.8, 4) is 11.4 Å². The van der Waals surface area contributed by atoms with E-state index in [1.807, 2.05) is 53.1 Å². The minimum Gasteiger partial charge on any atom is -0.497 e. The lowest BCUT2D eigenvalue weighted by molar-refractivity contribution is -0.116. The maximum Gasteiger partial charge on any atom is 0.226 e. The fourth-order valence-electron chi connectivity index (χ4n) is 3.14. The van der Waals surface area contributed by atoms with Gasteiger partial charge >= 0.3 is 0 Å². The molecule has 0 fully saturated rings. The molecule has 0 radical (unpaired) electrons. The molecule has 0 saturated carbocycles. The van der Waals surface area contributed by atoms with Crippen LogP contribution in [-0.4, -0.2) is 22.6 Å². The minimum atomic E-state index is -0.109. The standard InChI is InChI=1S/C19H16ClN3O2/c1-25-15-7-5-14(6-8-15)23-11-21-18-16(10-17(24)22-19(18)23)12-3-2-4-13(20)9-12/h2-9,11,16H,10H2,1H3,(H,22,24)/t16-/m1/s1. The molecule has 126 valence electrons. The number of halogens is 1. The van der Waals surface area contributed by atoms with Gasteiger partial charge in [-0.05, 0) is 42.0 Å². The fraction of sp³-hybridized carbons (Fsp3) is 0.158. The number of hydrogen-bond acceptors (Lipinski definition) is 3. The summed E-state index contributed by atoms with van der Waals surface area (Å²) in [5.41, 5.74) is 2.74. The third kappa shape index (κ3) is 2.87. The van der Waals surface area contributed by atoms with Crippen molar-refractivity contribution in [2.75, 3.05) is 12.4 Å². The Morgan fingerprint density at radius 3 is 2.76 bits per heavy atom. The Morgan fingerprint density at radius 2 is 2.04 bits per heavy atom. The molecule has 0 unspecified atom stereocenters. The number of benzene rings is 2. The number of amides is 1. The molecule has 1 aliphatic heterocycles. The van der Waals surface area contributed by atoms with E-state index in [4.69, 9.17) is 16.3 Å². The number of rotatable bonds is 3. The molecular weight excluding hydrogens is 338 g/mol. The maximum atomic E-state index is 12.3. The van der Waals surface area contributed by atoms with Gasteiger partial charge in [0.2, 0.25) is 5.91 Å². The SMILES string of the molecule is COc1ccc(-n2cnc3c2NC(=O)C[C@@H]3c2cccc(Cl)c2)cc1. The van der Waals surface area contributed by atoms with Crippen molar-refractivity contribution < 1.29 is 9.53 Å². The fourth-order valence-corrected chi connectivity index (χ4v) is 3.34. The lowest BCUT2D eigenvalue weighted by atomic mass is 9.90. The Morgan fingerprint density at radius 1 is 1.24 bits per heavy atom. The van der Waals surface area contributed by atoms with Gasteiger partial charge in [-0.15, -0.1) is 0 Å². The van der Waals surface area contributed by atoms with Crippen LogP contribution in [0, 0.1) is 0 Å². The monoisotopic (exact) mass is 353 g/mol. The first-order chi connectivity index (χ1) is 12.2. The van der Waals surface area contributed by atoms with Gasteiger partial charge < -0.3 is 10.1 Å². The number of nitrogens with one attached hydrogen (secondary N) is 1. The third-order valence-corrected chi connectivity index (χ3v) is 4.61. The first-order valence-corrected chi connectivity index (χ1v) is 8.30. The lowest BCUT2D eigenvalue weighted by Crippen LogP contribution is -2.24. The molecule has 1 aromatic heterocycles. The highest BCUT2D eigenvalue weighted by molar-refractivity contribution is 6.30. The lowest BCUT2D eigenvalue weighted by Gasteiger charge is -2.23. The summed E-state index contributed by atoms with van der Waals surface area (Å²) in [7, 11) is 1.63. The number of imidazole rings is 1. The molecule has 2 heterocycles. The summed E-state index contributed by atoms with van der Waals surface area (Å²) in [5.74, 6) is 1.33. The van der Waals surface area contributed by atoms with Crippen molar-refractivity contribution in [3.05, 3.63) is 71.1 Å². The van der Waals surface area contributed by atoms with Gasteiger partial charge in [0.05, 0.1) is 12.8 Å². The Hall–Kier alpha value is -2.79. The molecule has 1 N–H and O–H groups in total. The minimum absolute atomic E-state index is 0.0345. The summed E-state index contributed by atoms with van der Waals surface area (Å²) < 4.78 is 7.07. The van der Waals surface area contributed by atoms with E-state index in [1.165, 1.54) is 0 Å². The van der Waals surface area contributed by atoms with Crippen molar-refractivity contribution in [1.82, 2.24) is 9.55 Å². The molecule has 0 bridgehead atoms. The first-order valence-electron chi connectivity index (χ1n) is 7.92. The number of nitrogens with zero attached hydrogens (tertiary/aromatic N) is 2. The second kappa shape index (κ2) is 6.26. The number of methoxy groups -OCH3 is 1. The smallest absolute Gasteiger partial charge is 0.226 e. The molecular formula is C19H16ClN3O2. The molecule has 5 nitrogen and oxygen atoms in total. The second-order valence-corrected chi connectivity index (χ2v) is 6.34. The molecule has 6 heteroatoms. The van der Waals surface area contributed by atoms with E-state index in [0.29, 0.717) is 17.3 Å². The van der Waals surface area contributed by atoms with Crippen LogP contribution in [-0.2, 0) is 4.79 Å². The van der Waals surface area contributed by atoms with Gasteiger partial charge in [-0.1, -0.05) is 23.7 Å². The van der Waals surface area contributed by atoms with Crippen molar-refractivity contribution in [1.29, 1.82) is 0 Å². The number of fused-ring (bicyclic) bond motifs is 1. The molecule has 3 aromatic rings. The van der Waals surface area contributed by atoms with Gasteiger partial charge in [-0.25, -0.2) is 4.98 Å². The zero-order chi connectivity index (χ0) is 17.4. The number of carbonyl (C=O) groups is 1. The topological polar surface area (TPSA) is 56.1 Å². The number of ether oxygens (including phenoxy) is 1. The van der Waals surface area contributed by atoms with Gasteiger partial charge in [0.15, 0.2) is 0 Å². The Labute approximate surface area is 150 Å². The maximum absolute atomic E-state index is 12.3. The van der Waals surface area contributed by atoms with Crippen LogP contribution in [0.2, 0.25) is 5.02 Å². The van der Waals surface area contributed by atoms with Crippen molar-refractivity contribution >= 4 is 23.3 Å². The largest absolute Gasteiger partial charge is 0.497 e. The summed E-state index contributed by atoms with van der Waals surface area (Å²) in [6, 6.07) is 15.2. The third-order valence-electron chi connectivity index (χ3n) is 4.37. The molecule has 1 amide bonds. The Bertz CT molecular complexity index is 934. The van der Waals surface area contributed by atoms with E-state index in [9.17, 15) is 4.79 Å². The predicted molar refractivity (Wildman–Crippen MR) is 96.7 cm³/mol. The van der Waals surface area contributed by atoms with E-state index in [2.05, 4.69) is 10.3 Å². The van der Waals surface area contributed by atoms with Gasteiger partial charge in [0.25, 0.3) is 0 Å². The Kier molecular flexibility index (Phi) is 3.93.